The Balaban J connectivity index is 2.19. The first-order valence-corrected chi connectivity index (χ1v) is 9.10. The summed E-state index contributed by atoms with van der Waals surface area (Å²) in [6, 6.07) is 0. The lowest BCUT2D eigenvalue weighted by atomic mass is 10.2. The fourth-order valence-corrected chi connectivity index (χ4v) is 3.69. The van der Waals surface area contributed by atoms with Crippen LogP contribution < -0.4 is 0 Å². The summed E-state index contributed by atoms with van der Waals surface area (Å²) >= 11 is 8.58. The summed E-state index contributed by atoms with van der Waals surface area (Å²) in [4.78, 5) is 32.5. The van der Waals surface area contributed by atoms with Crippen molar-refractivity contribution in [1.29, 1.82) is 0 Å². The van der Waals surface area contributed by atoms with Crippen molar-refractivity contribution in [2.45, 2.75) is 32.0 Å². The number of rotatable bonds is 6. The normalized spacial score (nSPS) is 11.0. The van der Waals surface area contributed by atoms with Crippen molar-refractivity contribution in [3.05, 3.63) is 16.1 Å². The van der Waals surface area contributed by atoms with E-state index in [9.17, 15) is 9.59 Å². The summed E-state index contributed by atoms with van der Waals surface area (Å²) in [5.41, 5.74) is 0.354. The van der Waals surface area contributed by atoms with Crippen molar-refractivity contribution in [2.75, 3.05) is 12.4 Å². The van der Waals surface area contributed by atoms with Crippen LogP contribution in [0.25, 0.3) is 10.2 Å². The predicted molar refractivity (Wildman–Crippen MR) is 90.3 cm³/mol. The van der Waals surface area contributed by atoms with Crippen LogP contribution >= 0.6 is 34.7 Å². The molecule has 2 rings (SSSR count). The van der Waals surface area contributed by atoms with Gasteiger partial charge in [0.25, 0.3) is 0 Å². The second-order valence-corrected chi connectivity index (χ2v) is 6.83. The summed E-state index contributed by atoms with van der Waals surface area (Å²) in [5.74, 6) is -0.704. The first-order valence-electron chi connectivity index (χ1n) is 6.86. The van der Waals surface area contributed by atoms with E-state index in [-0.39, 0.29) is 29.6 Å². The highest BCUT2D eigenvalue weighted by Crippen LogP contribution is 2.32. The maximum absolute atomic E-state index is 11.9. The molecule has 2 heterocycles. The third kappa shape index (κ3) is 4.55. The second-order valence-electron chi connectivity index (χ2n) is 4.67. The van der Waals surface area contributed by atoms with Crippen LogP contribution in [0.3, 0.4) is 0 Å². The van der Waals surface area contributed by atoms with Crippen LogP contribution in [0.4, 0.5) is 0 Å². The largest absolute Gasteiger partial charge is 0.462 e. The summed E-state index contributed by atoms with van der Waals surface area (Å²) < 4.78 is 10.0. The van der Waals surface area contributed by atoms with Crippen LogP contribution in [0, 0.1) is 0 Å². The molecule has 0 saturated heterocycles. The van der Waals surface area contributed by atoms with E-state index in [0.717, 1.165) is 11.8 Å². The second kappa shape index (κ2) is 7.94. The van der Waals surface area contributed by atoms with Crippen molar-refractivity contribution in [3.8, 4) is 0 Å². The highest BCUT2D eigenvalue weighted by molar-refractivity contribution is 7.99. The average molecular weight is 375 g/mol. The molecule has 0 atom stereocenters. The Kier molecular flexibility index (Phi) is 6.20. The molecule has 0 unspecified atom stereocenters. The van der Waals surface area contributed by atoms with E-state index in [2.05, 4.69) is 9.97 Å². The number of nitrogens with zero attached hydrogens (tertiary/aromatic N) is 2. The van der Waals surface area contributed by atoms with Crippen molar-refractivity contribution >= 4 is 56.9 Å². The molecule has 23 heavy (non-hydrogen) atoms. The van der Waals surface area contributed by atoms with Crippen LogP contribution in [-0.4, -0.2) is 40.4 Å². The van der Waals surface area contributed by atoms with Gasteiger partial charge in [-0.1, -0.05) is 23.4 Å². The molecule has 0 aliphatic rings. The minimum Gasteiger partial charge on any atom is -0.462 e. The van der Waals surface area contributed by atoms with E-state index in [1.165, 1.54) is 11.3 Å². The molecule has 0 spiro atoms. The van der Waals surface area contributed by atoms with Crippen LogP contribution in [0.5, 0.6) is 0 Å². The number of carbonyl (C=O) groups excluding carboxylic acids is 2. The molecular weight excluding hydrogens is 360 g/mol. The fraction of sp³-hybridized carbons (Fsp3) is 0.429. The monoisotopic (exact) mass is 374 g/mol. The Bertz CT molecular complexity index is 733. The number of fused-ring (bicyclic) bond motifs is 1. The standard InChI is InChI=1S/C14H15ClN2O4S2/c1-4-20-13(19)8-5-22-12-10(8)11(15)16-14(17-12)23-6-9(18)21-7(2)3/h5,7H,4,6H2,1-3H3. The van der Waals surface area contributed by atoms with Gasteiger partial charge >= 0.3 is 11.9 Å². The molecule has 2 aromatic heterocycles. The van der Waals surface area contributed by atoms with E-state index in [1.807, 2.05) is 0 Å². The van der Waals surface area contributed by atoms with Gasteiger partial charge in [-0.15, -0.1) is 11.3 Å². The van der Waals surface area contributed by atoms with Crippen molar-refractivity contribution < 1.29 is 19.1 Å². The van der Waals surface area contributed by atoms with Crippen LogP contribution in [0.2, 0.25) is 5.15 Å². The smallest absolute Gasteiger partial charge is 0.339 e. The molecule has 9 heteroatoms. The molecule has 0 fully saturated rings. The highest BCUT2D eigenvalue weighted by Gasteiger charge is 2.19. The minimum atomic E-state index is -0.454. The van der Waals surface area contributed by atoms with E-state index < -0.39 is 5.97 Å². The maximum atomic E-state index is 11.9. The van der Waals surface area contributed by atoms with Crippen molar-refractivity contribution in [1.82, 2.24) is 9.97 Å². The molecule has 0 N–H and O–H groups in total. The summed E-state index contributed by atoms with van der Waals surface area (Å²) in [6.07, 6.45) is -0.167. The Labute approximate surface area is 146 Å². The van der Waals surface area contributed by atoms with Gasteiger partial charge in [0.15, 0.2) is 5.16 Å². The van der Waals surface area contributed by atoms with Crippen LogP contribution in [0.15, 0.2) is 10.5 Å². The van der Waals surface area contributed by atoms with Gasteiger partial charge in [0.1, 0.15) is 9.98 Å². The van der Waals surface area contributed by atoms with Gasteiger partial charge in [-0.3, -0.25) is 4.79 Å². The number of thiophene rings is 1. The highest BCUT2D eigenvalue weighted by atomic mass is 35.5. The van der Waals surface area contributed by atoms with E-state index in [0.29, 0.717) is 20.9 Å². The lowest BCUT2D eigenvalue weighted by Crippen LogP contribution is -2.13. The number of halogens is 1. The SMILES string of the molecule is CCOC(=O)c1csc2nc(SCC(=O)OC(C)C)nc(Cl)c12. The molecule has 0 bridgehead atoms. The molecule has 2 aromatic rings. The Morgan fingerprint density at radius 2 is 2.13 bits per heavy atom. The number of carbonyl (C=O) groups is 2. The number of ether oxygens (including phenoxy) is 2. The van der Waals surface area contributed by atoms with E-state index >= 15 is 0 Å². The Morgan fingerprint density at radius 1 is 1.39 bits per heavy atom. The summed E-state index contributed by atoms with van der Waals surface area (Å²) in [6.45, 7) is 5.57. The number of aromatic nitrogens is 2. The van der Waals surface area contributed by atoms with Gasteiger partial charge in [0.05, 0.1) is 29.4 Å². The molecule has 0 radical (unpaired) electrons. The third-order valence-corrected chi connectivity index (χ3v) is 4.52. The first kappa shape index (κ1) is 18.0. The Hall–Kier alpha value is -1.38. The molecule has 6 nitrogen and oxygen atoms in total. The fourth-order valence-electron chi connectivity index (χ4n) is 1.73. The van der Waals surface area contributed by atoms with Crippen LogP contribution in [0.1, 0.15) is 31.1 Å². The number of hydrogen-bond donors (Lipinski definition) is 0. The predicted octanol–water partition coefficient (Wildman–Crippen LogP) is 3.57. The van der Waals surface area contributed by atoms with Crippen molar-refractivity contribution in [3.63, 3.8) is 0 Å². The number of thioether (sulfide) groups is 1. The molecule has 124 valence electrons. The first-order chi connectivity index (χ1) is 10.9. The minimum absolute atomic E-state index is 0.0934. The summed E-state index contributed by atoms with van der Waals surface area (Å²) in [5, 5.41) is 2.65. The van der Waals surface area contributed by atoms with Crippen LogP contribution in [-0.2, 0) is 14.3 Å². The number of hydrogen-bond acceptors (Lipinski definition) is 8. The third-order valence-electron chi connectivity index (χ3n) is 2.55. The van der Waals surface area contributed by atoms with Crippen molar-refractivity contribution in [2.24, 2.45) is 0 Å². The average Bonchev–Trinajstić information content (AvgIpc) is 2.89. The molecule has 0 aliphatic heterocycles. The van der Waals surface area contributed by atoms with E-state index in [4.69, 9.17) is 21.1 Å². The number of esters is 2. The maximum Gasteiger partial charge on any atom is 0.339 e. The lowest BCUT2D eigenvalue weighted by molar-refractivity contribution is -0.144. The van der Waals surface area contributed by atoms with Gasteiger partial charge < -0.3 is 9.47 Å². The Morgan fingerprint density at radius 3 is 2.78 bits per heavy atom. The molecule has 0 aliphatic carbocycles. The van der Waals surface area contributed by atoms with E-state index in [1.54, 1.807) is 26.2 Å². The lowest BCUT2D eigenvalue weighted by Gasteiger charge is -2.07. The van der Waals surface area contributed by atoms with Gasteiger partial charge in [-0.05, 0) is 20.8 Å². The van der Waals surface area contributed by atoms with Gasteiger partial charge in [0, 0.05) is 5.38 Å². The zero-order chi connectivity index (χ0) is 17.0. The van der Waals surface area contributed by atoms with Gasteiger partial charge in [-0.25, -0.2) is 14.8 Å². The quantitative estimate of drug-likeness (QED) is 0.331. The molecule has 0 amide bonds. The van der Waals surface area contributed by atoms with Gasteiger partial charge in [0.2, 0.25) is 0 Å². The molecular formula is C14H15ClN2O4S2. The zero-order valence-corrected chi connectivity index (χ0v) is 15.2. The molecule has 0 saturated carbocycles. The summed E-state index contributed by atoms with van der Waals surface area (Å²) in [7, 11) is 0. The zero-order valence-electron chi connectivity index (χ0n) is 12.8. The topological polar surface area (TPSA) is 78.4 Å². The van der Waals surface area contributed by atoms with Gasteiger partial charge in [-0.2, -0.15) is 0 Å². The molecule has 0 aromatic carbocycles.